The van der Waals surface area contributed by atoms with Gasteiger partial charge in [0.05, 0.1) is 34.9 Å². The Bertz CT molecular complexity index is 2150. The van der Waals surface area contributed by atoms with Crippen LogP contribution in [0.1, 0.15) is 95.9 Å². The fourth-order valence-electron chi connectivity index (χ4n) is 6.97. The number of amides is 2. The number of nitrogens with zero attached hydrogens (tertiary/aromatic N) is 2. The molecule has 278 valence electrons. The molecule has 4 aromatic carbocycles. The smallest absolute Gasteiger partial charge is 0.221 e. The van der Waals surface area contributed by atoms with E-state index in [2.05, 4.69) is 88.0 Å². The highest BCUT2D eigenvalue weighted by molar-refractivity contribution is 5.78. The summed E-state index contributed by atoms with van der Waals surface area (Å²) in [6.07, 6.45) is 4.38. The van der Waals surface area contributed by atoms with Crippen LogP contribution in [0.2, 0.25) is 0 Å². The van der Waals surface area contributed by atoms with Gasteiger partial charge in [0.25, 0.3) is 0 Å². The van der Waals surface area contributed by atoms with E-state index in [1.54, 1.807) is 0 Å². The Kier molecular flexibility index (Phi) is 11.3. The molecule has 8 heteroatoms. The molecule has 0 spiro atoms. The van der Waals surface area contributed by atoms with Gasteiger partial charge < -0.3 is 20.6 Å². The van der Waals surface area contributed by atoms with Gasteiger partial charge in [0.2, 0.25) is 11.8 Å². The molecule has 0 saturated heterocycles. The van der Waals surface area contributed by atoms with E-state index in [4.69, 9.17) is 4.98 Å². The summed E-state index contributed by atoms with van der Waals surface area (Å²) in [5.41, 5.74) is 7.29. The number of carbonyl (C=O) groups is 2. The molecular weight excluding hydrogens is 669 g/mol. The molecule has 0 aliphatic heterocycles. The molecule has 8 nitrogen and oxygen atoms in total. The van der Waals surface area contributed by atoms with Crippen molar-refractivity contribution in [3.63, 3.8) is 0 Å². The van der Waals surface area contributed by atoms with E-state index in [1.807, 2.05) is 108 Å². The Morgan fingerprint density at radius 3 is 1.39 bits per heavy atom. The lowest BCUT2D eigenvalue weighted by atomic mass is 9.89. The minimum Gasteiger partial charge on any atom is -0.347 e. The van der Waals surface area contributed by atoms with Crippen LogP contribution in [0.4, 0.5) is 0 Å². The Balaban J connectivity index is 1.06. The van der Waals surface area contributed by atoms with E-state index in [0.29, 0.717) is 12.8 Å². The molecular formula is C46H52N6O2. The number of imidazole rings is 2. The van der Waals surface area contributed by atoms with E-state index in [0.717, 1.165) is 56.4 Å². The number of aromatic nitrogens is 4. The van der Waals surface area contributed by atoms with Crippen LogP contribution in [0.25, 0.3) is 33.6 Å². The highest BCUT2D eigenvalue weighted by Crippen LogP contribution is 2.31. The molecule has 4 N–H and O–H groups in total. The minimum atomic E-state index is -0.473. The Morgan fingerprint density at radius 1 is 0.556 bits per heavy atom. The van der Waals surface area contributed by atoms with Crippen molar-refractivity contribution in [3.8, 4) is 33.6 Å². The van der Waals surface area contributed by atoms with Crippen molar-refractivity contribution in [1.29, 1.82) is 0 Å². The topological polar surface area (TPSA) is 116 Å². The predicted molar refractivity (Wildman–Crippen MR) is 217 cm³/mol. The molecule has 0 radical (unpaired) electrons. The molecule has 0 aliphatic carbocycles. The summed E-state index contributed by atoms with van der Waals surface area (Å²) >= 11 is 0. The molecule has 6 rings (SSSR count). The van der Waals surface area contributed by atoms with Gasteiger partial charge in [0.15, 0.2) is 0 Å². The van der Waals surface area contributed by atoms with Crippen LogP contribution in [0.3, 0.4) is 0 Å². The molecule has 6 aromatic rings. The van der Waals surface area contributed by atoms with E-state index < -0.39 is 11.1 Å². The second-order valence-electron chi connectivity index (χ2n) is 15.8. The summed E-state index contributed by atoms with van der Waals surface area (Å²) in [4.78, 5) is 42.5. The molecule has 0 saturated carbocycles. The zero-order chi connectivity index (χ0) is 38.5. The van der Waals surface area contributed by atoms with Crippen molar-refractivity contribution in [1.82, 2.24) is 30.6 Å². The van der Waals surface area contributed by atoms with Gasteiger partial charge in [-0.25, -0.2) is 9.97 Å². The van der Waals surface area contributed by atoms with Crippen LogP contribution < -0.4 is 10.6 Å². The van der Waals surface area contributed by atoms with Crippen molar-refractivity contribution in [2.24, 2.45) is 5.92 Å². The molecule has 2 heterocycles. The molecule has 2 atom stereocenters. The Morgan fingerprint density at radius 2 is 0.944 bits per heavy atom. The normalized spacial score (nSPS) is 13.0. The van der Waals surface area contributed by atoms with E-state index in [-0.39, 0.29) is 29.6 Å². The first-order valence-corrected chi connectivity index (χ1v) is 18.8. The lowest BCUT2D eigenvalue weighted by Gasteiger charge is -2.28. The fourth-order valence-corrected chi connectivity index (χ4v) is 6.97. The third-order valence-electron chi connectivity index (χ3n) is 10.3. The third kappa shape index (κ3) is 9.05. The monoisotopic (exact) mass is 720 g/mol. The van der Waals surface area contributed by atoms with Gasteiger partial charge in [-0.3, -0.25) is 9.59 Å². The number of hydrogen-bond donors (Lipinski definition) is 4. The van der Waals surface area contributed by atoms with Crippen molar-refractivity contribution in [3.05, 3.63) is 144 Å². The predicted octanol–water partition coefficient (Wildman–Crippen LogP) is 9.86. The second-order valence-corrected chi connectivity index (χ2v) is 15.8. The maximum absolute atomic E-state index is 13.2. The summed E-state index contributed by atoms with van der Waals surface area (Å²) in [6.45, 7) is 14.4. The summed E-state index contributed by atoms with van der Waals surface area (Å²) in [5, 5.41) is 6.40. The Labute approximate surface area is 319 Å². The number of aromatic amines is 2. The second kappa shape index (κ2) is 16.1. The third-order valence-corrected chi connectivity index (χ3v) is 10.3. The van der Waals surface area contributed by atoms with Crippen molar-refractivity contribution in [2.75, 3.05) is 0 Å². The average molecular weight is 721 g/mol. The zero-order valence-corrected chi connectivity index (χ0v) is 32.4. The molecule has 54 heavy (non-hydrogen) atoms. The first kappa shape index (κ1) is 38.0. The number of benzene rings is 4. The average Bonchev–Trinajstić information content (AvgIpc) is 3.86. The van der Waals surface area contributed by atoms with Gasteiger partial charge in [-0.2, -0.15) is 0 Å². The van der Waals surface area contributed by atoms with Gasteiger partial charge in [-0.1, -0.05) is 130 Å². The Hall–Kier alpha value is -5.76. The molecule has 0 aliphatic rings. The van der Waals surface area contributed by atoms with Crippen molar-refractivity contribution < 1.29 is 9.59 Å². The molecule has 2 amide bonds. The van der Waals surface area contributed by atoms with E-state index >= 15 is 0 Å². The zero-order valence-electron chi connectivity index (χ0n) is 32.4. The highest BCUT2D eigenvalue weighted by Gasteiger charge is 2.28. The quantitative estimate of drug-likeness (QED) is 0.0897. The van der Waals surface area contributed by atoms with Gasteiger partial charge in [0, 0.05) is 24.7 Å². The molecule has 0 fully saturated rings. The summed E-state index contributed by atoms with van der Waals surface area (Å²) < 4.78 is 0. The summed E-state index contributed by atoms with van der Waals surface area (Å²) in [6, 6.07) is 36.9. The van der Waals surface area contributed by atoms with Gasteiger partial charge in [-0.05, 0) is 67.0 Å². The number of H-pyrrole nitrogens is 2. The van der Waals surface area contributed by atoms with Crippen LogP contribution in [-0.4, -0.2) is 31.8 Å². The lowest BCUT2D eigenvalue weighted by molar-refractivity contribution is -0.124. The van der Waals surface area contributed by atoms with Crippen LogP contribution in [-0.2, 0) is 20.7 Å². The van der Waals surface area contributed by atoms with Crippen molar-refractivity contribution >= 4 is 11.8 Å². The summed E-state index contributed by atoms with van der Waals surface area (Å²) in [5.74, 6) is 1.70. The van der Waals surface area contributed by atoms with Crippen molar-refractivity contribution in [2.45, 2.75) is 84.2 Å². The van der Waals surface area contributed by atoms with Crippen LogP contribution in [0.5, 0.6) is 0 Å². The highest BCUT2D eigenvalue weighted by atomic mass is 16.2. The van der Waals surface area contributed by atoms with Crippen LogP contribution in [0.15, 0.2) is 122 Å². The molecule has 0 bridgehead atoms. The maximum Gasteiger partial charge on any atom is 0.221 e. The van der Waals surface area contributed by atoms with Crippen LogP contribution >= 0.6 is 0 Å². The number of rotatable bonds is 14. The van der Waals surface area contributed by atoms with Crippen LogP contribution in [0, 0.1) is 5.92 Å². The van der Waals surface area contributed by atoms with Gasteiger partial charge >= 0.3 is 0 Å². The first-order chi connectivity index (χ1) is 25.8. The summed E-state index contributed by atoms with van der Waals surface area (Å²) in [7, 11) is 0. The number of nitrogens with one attached hydrogen (secondary N) is 4. The first-order valence-electron chi connectivity index (χ1n) is 18.8. The SMILES string of the molecule is CC(C)[C@H](CC(=O)NC(C)(C)c1ccccc1)c1ncc(-c2ccc(-c3ccc(-c4cnc([C@H](C)CC(=O)NC(C)(C)c5ccccc5)[nH]4)cc3)cc2)[nH]1. The minimum absolute atomic E-state index is 0.00166. The van der Waals surface area contributed by atoms with E-state index in [9.17, 15) is 9.59 Å². The standard InChI is InChI=1S/C46H52N6O2/c1-30(2)38(27-42(54)52-46(6,7)37-16-12-9-13-17-37)44-48-29-40(50-44)35-24-20-33(21-25-35)32-18-22-34(23-19-32)39-28-47-43(49-39)31(3)26-41(53)51-45(4,5)36-14-10-8-11-15-36/h8-25,28-31,38H,26-27H2,1-7H3,(H,47,49)(H,48,50)(H,51,53)(H,52,54)/t31-,38+/m1/s1. The fraction of sp³-hybridized carbons (Fsp3) is 0.304. The molecule has 2 aromatic heterocycles. The largest absolute Gasteiger partial charge is 0.347 e. The molecule has 0 unspecified atom stereocenters. The maximum atomic E-state index is 13.2. The lowest BCUT2D eigenvalue weighted by Crippen LogP contribution is -2.41. The van der Waals surface area contributed by atoms with E-state index in [1.165, 1.54) is 0 Å². The number of hydrogen-bond acceptors (Lipinski definition) is 4. The van der Waals surface area contributed by atoms with Gasteiger partial charge in [-0.15, -0.1) is 0 Å². The van der Waals surface area contributed by atoms with Gasteiger partial charge in [0.1, 0.15) is 11.6 Å². The number of carbonyl (C=O) groups excluding carboxylic acids is 2.